The molecule has 3 N–H and O–H groups in total. The van der Waals surface area contributed by atoms with Crippen molar-refractivity contribution in [2.24, 2.45) is 11.8 Å². The Morgan fingerprint density at radius 2 is 1.86 bits per heavy atom. The Morgan fingerprint density at radius 3 is 2.54 bits per heavy atom. The molecule has 0 radical (unpaired) electrons. The van der Waals surface area contributed by atoms with E-state index in [0.29, 0.717) is 56.2 Å². The summed E-state index contributed by atoms with van der Waals surface area (Å²) in [6, 6.07) is 5.11. The summed E-state index contributed by atoms with van der Waals surface area (Å²) < 4.78 is 10.6. The molecule has 1 unspecified atom stereocenters. The fourth-order valence-electron chi connectivity index (χ4n) is 5.21. The van der Waals surface area contributed by atoms with Gasteiger partial charge in [-0.3, -0.25) is 14.4 Å². The first-order valence-corrected chi connectivity index (χ1v) is 13.1. The number of nitrogens with one attached hydrogen (secondary N) is 2. The minimum atomic E-state index is -0.953. The van der Waals surface area contributed by atoms with Gasteiger partial charge in [0.25, 0.3) is 0 Å². The van der Waals surface area contributed by atoms with Crippen LogP contribution >= 0.6 is 12.4 Å². The number of methoxy groups -OCH3 is 2. The van der Waals surface area contributed by atoms with E-state index in [1.54, 1.807) is 14.2 Å². The standard InChI is InChI=1S/C27H41N3O6.ClH/c1-35-23-9-6-20(16-24(23)36-2)5-8-22(17-26(32)33)29-27(34)21-4-3-15-30(18-21)25(31)10-7-19-11-13-28-14-12-19;/h6,9,16,19,21-22,28H,3-5,7-8,10-15,17-18H2,1-2H3,(H,29,34)(H,32,33);1H/t21-,22?;/m1./s1. The van der Waals surface area contributed by atoms with Crippen LogP contribution in [-0.4, -0.2) is 74.2 Å². The van der Waals surface area contributed by atoms with Crippen molar-refractivity contribution < 1.29 is 29.0 Å². The molecule has 10 heteroatoms. The van der Waals surface area contributed by atoms with Crippen LogP contribution in [0.1, 0.15) is 56.9 Å². The van der Waals surface area contributed by atoms with Crippen molar-refractivity contribution in [3.05, 3.63) is 23.8 Å². The predicted octanol–water partition coefficient (Wildman–Crippen LogP) is 3.04. The molecule has 0 saturated carbocycles. The number of hydrogen-bond acceptors (Lipinski definition) is 6. The van der Waals surface area contributed by atoms with Gasteiger partial charge >= 0.3 is 5.97 Å². The zero-order chi connectivity index (χ0) is 25.9. The molecule has 3 rings (SSSR count). The van der Waals surface area contributed by atoms with Crippen LogP contribution in [0.4, 0.5) is 0 Å². The van der Waals surface area contributed by atoms with Gasteiger partial charge in [0.05, 0.1) is 26.6 Å². The molecule has 37 heavy (non-hydrogen) atoms. The van der Waals surface area contributed by atoms with Crippen LogP contribution in [0.5, 0.6) is 11.5 Å². The first-order chi connectivity index (χ1) is 17.4. The number of amides is 2. The van der Waals surface area contributed by atoms with E-state index in [9.17, 15) is 19.5 Å². The van der Waals surface area contributed by atoms with Crippen molar-refractivity contribution >= 4 is 30.2 Å². The van der Waals surface area contributed by atoms with Gasteiger partial charge in [-0.2, -0.15) is 0 Å². The zero-order valence-electron chi connectivity index (χ0n) is 22.0. The Balaban J connectivity index is 0.00000481. The fourth-order valence-corrected chi connectivity index (χ4v) is 5.21. The number of ether oxygens (including phenoxy) is 2. The smallest absolute Gasteiger partial charge is 0.305 e. The zero-order valence-corrected chi connectivity index (χ0v) is 22.8. The van der Waals surface area contributed by atoms with Crippen molar-refractivity contribution in [1.29, 1.82) is 0 Å². The number of carboxylic acids is 1. The van der Waals surface area contributed by atoms with Gasteiger partial charge in [0, 0.05) is 25.6 Å². The van der Waals surface area contributed by atoms with Gasteiger partial charge in [0.15, 0.2) is 11.5 Å². The van der Waals surface area contributed by atoms with Gasteiger partial charge in [0.2, 0.25) is 11.8 Å². The van der Waals surface area contributed by atoms with Gasteiger partial charge in [-0.25, -0.2) is 0 Å². The molecule has 1 aromatic rings. The number of aryl methyl sites for hydroxylation is 1. The highest BCUT2D eigenvalue weighted by molar-refractivity contribution is 5.85. The normalized spacial score (nSPS) is 18.9. The molecule has 0 aliphatic carbocycles. The van der Waals surface area contributed by atoms with Crippen molar-refractivity contribution in [3.8, 4) is 11.5 Å². The molecule has 1 aromatic carbocycles. The first kappa shape index (κ1) is 30.7. The lowest BCUT2D eigenvalue weighted by molar-refractivity contribution is -0.138. The Bertz CT molecular complexity index is 893. The summed E-state index contributed by atoms with van der Waals surface area (Å²) >= 11 is 0. The Hall–Kier alpha value is -2.52. The third kappa shape index (κ3) is 9.70. The molecule has 2 heterocycles. The fraction of sp³-hybridized carbons (Fsp3) is 0.667. The molecule has 2 aliphatic rings. The van der Waals surface area contributed by atoms with Crippen molar-refractivity contribution in [2.45, 2.75) is 63.8 Å². The number of nitrogens with zero attached hydrogens (tertiary/aromatic N) is 1. The topological polar surface area (TPSA) is 117 Å². The Labute approximate surface area is 226 Å². The second-order valence-corrected chi connectivity index (χ2v) is 9.94. The summed E-state index contributed by atoms with van der Waals surface area (Å²) in [5, 5.41) is 15.7. The number of carbonyl (C=O) groups excluding carboxylic acids is 2. The average Bonchev–Trinajstić information content (AvgIpc) is 2.90. The molecule has 0 spiro atoms. The van der Waals surface area contributed by atoms with Gasteiger partial charge in [-0.05, 0) is 81.6 Å². The van der Waals surface area contributed by atoms with Gasteiger partial charge in [0.1, 0.15) is 0 Å². The van der Waals surface area contributed by atoms with E-state index in [1.807, 2.05) is 23.1 Å². The number of carboxylic acid groups (broad SMARTS) is 1. The molecule has 2 amide bonds. The van der Waals surface area contributed by atoms with Crippen LogP contribution in [0.15, 0.2) is 18.2 Å². The first-order valence-electron chi connectivity index (χ1n) is 13.1. The largest absolute Gasteiger partial charge is 0.493 e. The predicted molar refractivity (Wildman–Crippen MR) is 143 cm³/mol. The van der Waals surface area contributed by atoms with Crippen molar-refractivity contribution in [3.63, 3.8) is 0 Å². The third-order valence-electron chi connectivity index (χ3n) is 7.37. The highest BCUT2D eigenvalue weighted by Gasteiger charge is 2.30. The minimum Gasteiger partial charge on any atom is -0.493 e. The summed E-state index contributed by atoms with van der Waals surface area (Å²) in [6.45, 7) is 3.14. The van der Waals surface area contributed by atoms with Crippen LogP contribution < -0.4 is 20.1 Å². The van der Waals surface area contributed by atoms with Crippen molar-refractivity contribution in [1.82, 2.24) is 15.5 Å². The molecule has 0 bridgehead atoms. The van der Waals surface area contributed by atoms with E-state index in [0.717, 1.165) is 44.3 Å². The number of benzene rings is 1. The molecule has 2 aliphatic heterocycles. The van der Waals surface area contributed by atoms with E-state index < -0.39 is 12.0 Å². The van der Waals surface area contributed by atoms with Gasteiger partial charge in [-0.15, -0.1) is 12.4 Å². The monoisotopic (exact) mass is 539 g/mol. The molecule has 0 aromatic heterocycles. The summed E-state index contributed by atoms with van der Waals surface area (Å²) in [5.74, 6) is 0.544. The third-order valence-corrected chi connectivity index (χ3v) is 7.37. The van der Waals surface area contributed by atoms with Gasteiger partial charge in [-0.1, -0.05) is 6.07 Å². The second kappa shape index (κ2) is 15.7. The number of likely N-dealkylation sites (tertiary alicyclic amines) is 1. The summed E-state index contributed by atoms with van der Waals surface area (Å²) in [5.41, 5.74) is 0.973. The van der Waals surface area contributed by atoms with Crippen LogP contribution in [0, 0.1) is 11.8 Å². The number of piperidine rings is 2. The van der Waals surface area contributed by atoms with Crippen LogP contribution in [-0.2, 0) is 20.8 Å². The molecule has 9 nitrogen and oxygen atoms in total. The molecular weight excluding hydrogens is 498 g/mol. The average molecular weight is 540 g/mol. The van der Waals surface area contributed by atoms with E-state index in [4.69, 9.17) is 9.47 Å². The van der Waals surface area contributed by atoms with E-state index in [-0.39, 0.29) is 36.6 Å². The second-order valence-electron chi connectivity index (χ2n) is 9.94. The number of aliphatic carboxylic acids is 1. The Morgan fingerprint density at radius 1 is 1.14 bits per heavy atom. The van der Waals surface area contributed by atoms with E-state index >= 15 is 0 Å². The lowest BCUT2D eigenvalue weighted by atomic mass is 9.92. The maximum absolute atomic E-state index is 13.1. The highest BCUT2D eigenvalue weighted by atomic mass is 35.5. The summed E-state index contributed by atoms with van der Waals surface area (Å²) in [4.78, 5) is 39.2. The lowest BCUT2D eigenvalue weighted by Crippen LogP contribution is -2.48. The molecular formula is C27H42ClN3O6. The van der Waals surface area contributed by atoms with E-state index in [1.165, 1.54) is 0 Å². The SMILES string of the molecule is COc1ccc(CCC(CC(=O)O)NC(=O)[C@@H]2CCCN(C(=O)CCC3CCNCC3)C2)cc1OC.Cl. The molecule has 208 valence electrons. The number of hydrogen-bond donors (Lipinski definition) is 3. The highest BCUT2D eigenvalue weighted by Crippen LogP contribution is 2.28. The molecule has 2 atom stereocenters. The van der Waals surface area contributed by atoms with Gasteiger partial charge < -0.3 is 30.1 Å². The Kier molecular flexibility index (Phi) is 13.0. The maximum Gasteiger partial charge on any atom is 0.305 e. The van der Waals surface area contributed by atoms with Crippen LogP contribution in [0.2, 0.25) is 0 Å². The number of halogens is 1. The molecule has 2 saturated heterocycles. The van der Waals surface area contributed by atoms with Crippen LogP contribution in [0.3, 0.4) is 0 Å². The number of carbonyl (C=O) groups is 3. The summed E-state index contributed by atoms with van der Waals surface area (Å²) in [7, 11) is 3.14. The lowest BCUT2D eigenvalue weighted by Gasteiger charge is -2.33. The quantitative estimate of drug-likeness (QED) is 0.374. The van der Waals surface area contributed by atoms with Crippen molar-refractivity contribution in [2.75, 3.05) is 40.4 Å². The van der Waals surface area contributed by atoms with Crippen LogP contribution in [0.25, 0.3) is 0 Å². The summed E-state index contributed by atoms with van der Waals surface area (Å²) in [6.07, 6.45) is 6.09. The minimum absolute atomic E-state index is 0. The van der Waals surface area contributed by atoms with E-state index in [2.05, 4.69) is 10.6 Å². The molecule has 2 fully saturated rings. The maximum atomic E-state index is 13.1. The number of rotatable bonds is 12.